The summed E-state index contributed by atoms with van der Waals surface area (Å²) in [7, 11) is 0. The van der Waals surface area contributed by atoms with Crippen LogP contribution < -0.4 is 5.32 Å². The van der Waals surface area contributed by atoms with E-state index in [2.05, 4.69) is 47.2 Å². The van der Waals surface area contributed by atoms with Crippen LogP contribution in [0.4, 0.5) is 0 Å². The maximum Gasteiger partial charge on any atom is 0.170 e. The Balaban J connectivity index is 2.00. The van der Waals surface area contributed by atoms with Crippen molar-refractivity contribution in [3.63, 3.8) is 0 Å². The molecule has 0 radical (unpaired) electrons. The molecule has 3 nitrogen and oxygen atoms in total. The molecule has 2 aromatic heterocycles. The van der Waals surface area contributed by atoms with Crippen LogP contribution in [0.2, 0.25) is 0 Å². The van der Waals surface area contributed by atoms with Gasteiger partial charge in [0.15, 0.2) is 5.11 Å². The zero-order valence-corrected chi connectivity index (χ0v) is 13.9. The highest BCUT2D eigenvalue weighted by Gasteiger charge is 2.39. The van der Waals surface area contributed by atoms with E-state index in [4.69, 9.17) is 12.2 Å². The lowest BCUT2D eigenvalue weighted by Gasteiger charge is -2.26. The second-order valence-electron chi connectivity index (χ2n) is 5.27. The number of thiocarbonyl (C=S) groups is 1. The molecule has 3 heterocycles. The molecule has 1 aliphatic heterocycles. The molecule has 21 heavy (non-hydrogen) atoms. The van der Waals surface area contributed by atoms with Gasteiger partial charge in [0.05, 0.1) is 17.8 Å². The molecule has 0 amide bonds. The molecule has 0 aromatic carbocycles. The largest absolute Gasteiger partial charge is 0.352 e. The summed E-state index contributed by atoms with van der Waals surface area (Å²) in [6, 6.07) is 10.8. The summed E-state index contributed by atoms with van der Waals surface area (Å²) < 4.78 is 0. The maximum absolute atomic E-state index is 5.56. The van der Waals surface area contributed by atoms with Crippen molar-refractivity contribution in [2.45, 2.75) is 32.4 Å². The number of hydrogen-bond acceptors (Lipinski definition) is 3. The minimum absolute atomic E-state index is 0.128. The van der Waals surface area contributed by atoms with E-state index < -0.39 is 0 Å². The van der Waals surface area contributed by atoms with Gasteiger partial charge in [0.2, 0.25) is 0 Å². The van der Waals surface area contributed by atoms with E-state index in [0.29, 0.717) is 0 Å². The Bertz CT molecular complexity index is 623. The summed E-state index contributed by atoms with van der Waals surface area (Å²) in [5.74, 6) is 0. The van der Waals surface area contributed by atoms with Gasteiger partial charge in [-0.15, -0.1) is 11.3 Å². The third-order valence-corrected chi connectivity index (χ3v) is 5.14. The SMILES string of the molecule is CCCN1C(=S)N[C@@H](c2ccccn2)[C@@H]1c1ccc(C)s1. The Hall–Kier alpha value is -1.46. The van der Waals surface area contributed by atoms with Gasteiger partial charge in [-0.25, -0.2) is 0 Å². The van der Waals surface area contributed by atoms with Crippen molar-refractivity contribution in [2.75, 3.05) is 6.54 Å². The van der Waals surface area contributed by atoms with E-state index in [0.717, 1.165) is 23.8 Å². The van der Waals surface area contributed by atoms with E-state index in [1.165, 1.54) is 9.75 Å². The van der Waals surface area contributed by atoms with Gasteiger partial charge in [-0.2, -0.15) is 0 Å². The van der Waals surface area contributed by atoms with E-state index in [1.807, 2.05) is 29.7 Å². The van der Waals surface area contributed by atoms with Crippen LogP contribution in [0, 0.1) is 6.92 Å². The fraction of sp³-hybridized carbons (Fsp3) is 0.375. The van der Waals surface area contributed by atoms with Crippen molar-refractivity contribution in [3.05, 3.63) is 52.0 Å². The summed E-state index contributed by atoms with van der Waals surface area (Å²) in [4.78, 5) is 9.52. The third kappa shape index (κ3) is 2.80. The zero-order valence-electron chi connectivity index (χ0n) is 12.2. The van der Waals surface area contributed by atoms with Crippen molar-refractivity contribution in [1.82, 2.24) is 15.2 Å². The molecule has 2 atom stereocenters. The molecule has 0 saturated carbocycles. The Kier molecular flexibility index (Phi) is 4.22. The van der Waals surface area contributed by atoms with Gasteiger partial charge in [-0.3, -0.25) is 4.98 Å². The fourth-order valence-electron chi connectivity index (χ4n) is 2.81. The minimum atomic E-state index is 0.128. The molecule has 0 spiro atoms. The minimum Gasteiger partial charge on any atom is -0.352 e. The smallest absolute Gasteiger partial charge is 0.170 e. The summed E-state index contributed by atoms with van der Waals surface area (Å²) in [6.45, 7) is 5.30. The first kappa shape index (κ1) is 14.5. The van der Waals surface area contributed by atoms with Crippen LogP contribution >= 0.6 is 23.6 Å². The van der Waals surface area contributed by atoms with Gasteiger partial charge in [0.1, 0.15) is 0 Å². The van der Waals surface area contributed by atoms with E-state index in [1.54, 1.807) is 0 Å². The lowest BCUT2D eigenvalue weighted by atomic mass is 10.0. The number of aryl methyl sites for hydroxylation is 1. The number of thiophene rings is 1. The van der Waals surface area contributed by atoms with Crippen LogP contribution in [-0.2, 0) is 0 Å². The van der Waals surface area contributed by atoms with Gasteiger partial charge >= 0.3 is 0 Å². The fourth-order valence-corrected chi connectivity index (χ4v) is 4.17. The summed E-state index contributed by atoms with van der Waals surface area (Å²) in [6.07, 6.45) is 2.93. The molecule has 1 saturated heterocycles. The maximum atomic E-state index is 5.56. The van der Waals surface area contributed by atoms with Gasteiger partial charge in [-0.1, -0.05) is 13.0 Å². The molecule has 0 bridgehead atoms. The second kappa shape index (κ2) is 6.12. The van der Waals surface area contributed by atoms with Crippen molar-refractivity contribution in [2.24, 2.45) is 0 Å². The van der Waals surface area contributed by atoms with E-state index in [9.17, 15) is 0 Å². The van der Waals surface area contributed by atoms with E-state index in [-0.39, 0.29) is 12.1 Å². The van der Waals surface area contributed by atoms with Crippen LogP contribution in [0.25, 0.3) is 0 Å². The molecule has 0 aliphatic carbocycles. The van der Waals surface area contributed by atoms with Gasteiger partial charge in [0.25, 0.3) is 0 Å². The third-order valence-electron chi connectivity index (χ3n) is 3.71. The van der Waals surface area contributed by atoms with Gasteiger partial charge in [0, 0.05) is 22.5 Å². The molecule has 0 unspecified atom stereocenters. The summed E-state index contributed by atoms with van der Waals surface area (Å²) >= 11 is 7.40. The first-order valence-electron chi connectivity index (χ1n) is 7.25. The molecule has 1 aliphatic rings. The number of nitrogens with zero attached hydrogens (tertiary/aromatic N) is 2. The van der Waals surface area contributed by atoms with Crippen LogP contribution in [0.15, 0.2) is 36.5 Å². The molecule has 5 heteroatoms. The standard InChI is InChI=1S/C16H19N3S2/c1-3-10-19-15(13-8-7-11(2)21-13)14(18-16(19)20)12-6-4-5-9-17-12/h4-9,14-15H,3,10H2,1-2H3,(H,18,20)/t14-,15-/m0/s1. The lowest BCUT2D eigenvalue weighted by molar-refractivity contribution is 0.322. The highest BCUT2D eigenvalue weighted by Crippen LogP contribution is 2.41. The van der Waals surface area contributed by atoms with Crippen LogP contribution in [-0.4, -0.2) is 21.5 Å². The van der Waals surface area contributed by atoms with Gasteiger partial charge in [-0.05, 0) is 49.8 Å². The van der Waals surface area contributed by atoms with Crippen molar-refractivity contribution < 1.29 is 0 Å². The lowest BCUT2D eigenvalue weighted by Crippen LogP contribution is -2.29. The Labute approximate surface area is 135 Å². The quantitative estimate of drug-likeness (QED) is 0.867. The predicted molar refractivity (Wildman–Crippen MR) is 91.5 cm³/mol. The highest BCUT2D eigenvalue weighted by atomic mass is 32.1. The molecular formula is C16H19N3S2. The summed E-state index contributed by atoms with van der Waals surface area (Å²) in [5.41, 5.74) is 1.05. The topological polar surface area (TPSA) is 28.2 Å². The number of aromatic nitrogens is 1. The van der Waals surface area contributed by atoms with Crippen molar-refractivity contribution in [1.29, 1.82) is 0 Å². The van der Waals surface area contributed by atoms with Crippen LogP contribution in [0.3, 0.4) is 0 Å². The van der Waals surface area contributed by atoms with Crippen LogP contribution in [0.5, 0.6) is 0 Å². The highest BCUT2D eigenvalue weighted by molar-refractivity contribution is 7.80. The number of pyridine rings is 1. The molecule has 110 valence electrons. The molecule has 3 rings (SSSR count). The van der Waals surface area contributed by atoms with Gasteiger partial charge < -0.3 is 10.2 Å². The number of rotatable bonds is 4. The zero-order chi connectivity index (χ0) is 14.8. The number of nitrogens with one attached hydrogen (secondary N) is 1. The monoisotopic (exact) mass is 317 g/mol. The Morgan fingerprint density at radius 1 is 1.33 bits per heavy atom. The van der Waals surface area contributed by atoms with E-state index >= 15 is 0 Å². The van der Waals surface area contributed by atoms with Crippen molar-refractivity contribution in [3.8, 4) is 0 Å². The summed E-state index contributed by atoms with van der Waals surface area (Å²) in [5, 5.41) is 4.30. The normalized spacial score (nSPS) is 21.6. The molecule has 1 N–H and O–H groups in total. The second-order valence-corrected chi connectivity index (χ2v) is 6.97. The molecular weight excluding hydrogens is 298 g/mol. The van der Waals surface area contributed by atoms with Crippen molar-refractivity contribution >= 4 is 28.7 Å². The molecule has 2 aromatic rings. The first-order chi connectivity index (χ1) is 10.2. The average Bonchev–Trinajstić information content (AvgIpc) is 3.05. The molecule has 1 fully saturated rings. The number of hydrogen-bond donors (Lipinski definition) is 1. The Morgan fingerprint density at radius 3 is 2.81 bits per heavy atom. The predicted octanol–water partition coefficient (Wildman–Crippen LogP) is 3.83. The van der Waals surface area contributed by atoms with Crippen LogP contribution in [0.1, 0.15) is 40.9 Å². The Morgan fingerprint density at radius 2 is 2.19 bits per heavy atom. The average molecular weight is 317 g/mol. The first-order valence-corrected chi connectivity index (χ1v) is 8.47.